The number of carbonyl (C=O) groups is 1. The number of halogens is 2. The second kappa shape index (κ2) is 15.5. The number of nitrogens with one attached hydrogen (secondary N) is 2. The van der Waals surface area contributed by atoms with Crippen LogP contribution < -0.4 is 20.1 Å². The number of anilines is 3. The highest BCUT2D eigenvalue weighted by Gasteiger charge is 2.36. The molecule has 11 nitrogen and oxygen atoms in total. The second-order valence-electron chi connectivity index (χ2n) is 13.7. The molecule has 0 aliphatic rings. The lowest BCUT2D eigenvalue weighted by Gasteiger charge is -2.36. The zero-order valence-electron chi connectivity index (χ0n) is 30.4. The van der Waals surface area contributed by atoms with Crippen LogP contribution in [0.25, 0.3) is 22.4 Å². The monoisotopic (exact) mass is 717 g/mol. The zero-order chi connectivity index (χ0) is 36.9. The maximum absolute atomic E-state index is 15.1. The smallest absolute Gasteiger partial charge is 0.222 e. The number of hydrogen-bond acceptors (Lipinski definition) is 9. The summed E-state index contributed by atoms with van der Waals surface area (Å²) in [7, 11) is -1.91. The van der Waals surface area contributed by atoms with E-state index >= 15 is 8.78 Å². The number of nitrogens with zero attached hydrogens (tertiary/aromatic N) is 5. The van der Waals surface area contributed by atoms with Crippen LogP contribution in [0.5, 0.6) is 11.5 Å². The highest BCUT2D eigenvalue weighted by atomic mass is 28.4. The Kier molecular flexibility index (Phi) is 11.4. The summed E-state index contributed by atoms with van der Waals surface area (Å²) in [5.74, 6) is -0.165. The average Bonchev–Trinajstić information content (AvgIpc) is 3.43. The van der Waals surface area contributed by atoms with Crippen LogP contribution in [0.4, 0.5) is 26.1 Å². The first-order chi connectivity index (χ1) is 24.2. The van der Waals surface area contributed by atoms with Gasteiger partial charge in [-0.05, 0) is 44.1 Å². The van der Waals surface area contributed by atoms with Crippen LogP contribution in [0.2, 0.25) is 18.1 Å². The Hall–Kier alpha value is -4.95. The minimum absolute atomic E-state index is 0.0980. The fourth-order valence-electron chi connectivity index (χ4n) is 5.10. The molecule has 14 heteroatoms. The molecule has 0 atom stereocenters. The van der Waals surface area contributed by atoms with Crippen LogP contribution in [0.1, 0.15) is 52.2 Å². The Morgan fingerprint density at radius 3 is 2.41 bits per heavy atom. The van der Waals surface area contributed by atoms with Crippen molar-refractivity contribution in [3.63, 3.8) is 0 Å². The Morgan fingerprint density at radius 2 is 1.73 bits per heavy atom. The summed E-state index contributed by atoms with van der Waals surface area (Å²) in [6.07, 6.45) is 3.81. The van der Waals surface area contributed by atoms with Gasteiger partial charge in [0, 0.05) is 60.5 Å². The molecule has 5 rings (SSSR count). The van der Waals surface area contributed by atoms with Gasteiger partial charge in [0.05, 0.1) is 31.5 Å². The largest absolute Gasteiger partial charge is 0.494 e. The summed E-state index contributed by atoms with van der Waals surface area (Å²) in [4.78, 5) is 25.6. The van der Waals surface area contributed by atoms with Crippen LogP contribution in [0.3, 0.4) is 0 Å². The van der Waals surface area contributed by atoms with E-state index in [4.69, 9.17) is 24.0 Å². The van der Waals surface area contributed by atoms with Gasteiger partial charge < -0.3 is 24.5 Å². The number of ether oxygens (including phenoxy) is 2. The molecular formula is C37H45F2N7O4Si. The van der Waals surface area contributed by atoms with Crippen molar-refractivity contribution in [2.45, 2.75) is 72.6 Å². The molecule has 0 aliphatic heterocycles. The van der Waals surface area contributed by atoms with E-state index in [0.29, 0.717) is 64.9 Å². The Balaban J connectivity index is 1.49. The first kappa shape index (κ1) is 37.3. The summed E-state index contributed by atoms with van der Waals surface area (Å²) in [5.41, 5.74) is 2.24. The standard InChI is InChI=1S/C37H45F2N7O4Si/c1-9-48-25-19-28(38)27(29(39)20-25)22-46-31-14-11-10-13-26(31)33(45-46)36-41-21-32(49-17-12-18-50-51(7,8)37(4,5)6)35(44-36)43-30-15-16-40-34(23(30)2)42-24(3)47/h10-11,13-16,19-21H,9,12,17-18,22H2,1-8H3,(H2,40,41,42,43,44,47). The fourth-order valence-corrected chi connectivity index (χ4v) is 6.19. The molecule has 0 saturated carbocycles. The SMILES string of the molecule is CCOc1cc(F)c(Cn2nc(-c3ncc(OCCCO[Si](C)(C)C(C)(C)C)c(Nc4ccnc(NC(C)=O)c4C)n3)c3ccccc32)c(F)c1. The fraction of sp³-hybridized carbons (Fsp3) is 0.378. The van der Waals surface area contributed by atoms with E-state index in [1.807, 2.05) is 31.2 Å². The third-order valence-electron chi connectivity index (χ3n) is 8.93. The third-order valence-corrected chi connectivity index (χ3v) is 13.5. The summed E-state index contributed by atoms with van der Waals surface area (Å²) in [6.45, 7) is 17.1. The lowest BCUT2D eigenvalue weighted by molar-refractivity contribution is -0.114. The number of pyridine rings is 1. The van der Waals surface area contributed by atoms with E-state index in [9.17, 15) is 4.79 Å². The molecule has 2 N–H and O–H groups in total. The lowest BCUT2D eigenvalue weighted by Crippen LogP contribution is -2.41. The van der Waals surface area contributed by atoms with Crippen LogP contribution in [-0.4, -0.2) is 58.8 Å². The molecule has 3 heterocycles. The normalized spacial score (nSPS) is 11.9. The van der Waals surface area contributed by atoms with Crippen molar-refractivity contribution in [1.82, 2.24) is 24.7 Å². The van der Waals surface area contributed by atoms with Gasteiger partial charge in [-0.2, -0.15) is 5.10 Å². The van der Waals surface area contributed by atoms with Gasteiger partial charge in [-0.3, -0.25) is 9.48 Å². The maximum Gasteiger partial charge on any atom is 0.222 e. The Labute approximate surface area is 297 Å². The van der Waals surface area contributed by atoms with Crippen molar-refractivity contribution in [3.8, 4) is 23.0 Å². The van der Waals surface area contributed by atoms with Gasteiger partial charge in [0.15, 0.2) is 25.7 Å². The van der Waals surface area contributed by atoms with Gasteiger partial charge >= 0.3 is 0 Å². The van der Waals surface area contributed by atoms with Crippen LogP contribution in [0, 0.1) is 18.6 Å². The number of hydrogen-bond donors (Lipinski definition) is 2. The lowest BCUT2D eigenvalue weighted by atomic mass is 10.1. The minimum atomic E-state index is -1.91. The molecule has 2 aromatic carbocycles. The molecule has 0 radical (unpaired) electrons. The summed E-state index contributed by atoms with van der Waals surface area (Å²) < 4.78 is 49.6. The molecule has 0 saturated heterocycles. The molecule has 3 aromatic heterocycles. The summed E-state index contributed by atoms with van der Waals surface area (Å²) in [6, 6.07) is 11.5. The quantitative estimate of drug-likeness (QED) is 0.0860. The van der Waals surface area contributed by atoms with E-state index in [1.165, 1.54) is 23.7 Å². The van der Waals surface area contributed by atoms with Crippen LogP contribution >= 0.6 is 0 Å². The van der Waals surface area contributed by atoms with Gasteiger partial charge in [0.2, 0.25) is 5.91 Å². The molecule has 0 bridgehead atoms. The highest BCUT2D eigenvalue weighted by Crippen LogP contribution is 2.37. The van der Waals surface area contributed by atoms with Crippen molar-refractivity contribution in [3.05, 3.63) is 77.6 Å². The van der Waals surface area contributed by atoms with Crippen molar-refractivity contribution >= 4 is 42.5 Å². The average molecular weight is 718 g/mol. The molecule has 1 amide bonds. The van der Waals surface area contributed by atoms with Crippen LogP contribution in [0.15, 0.2) is 54.9 Å². The van der Waals surface area contributed by atoms with Crippen molar-refractivity contribution in [2.75, 3.05) is 30.5 Å². The van der Waals surface area contributed by atoms with Gasteiger partial charge in [-0.15, -0.1) is 0 Å². The Bertz CT molecular complexity index is 2010. The molecule has 51 heavy (non-hydrogen) atoms. The summed E-state index contributed by atoms with van der Waals surface area (Å²) >= 11 is 0. The number of fused-ring (bicyclic) bond motifs is 1. The van der Waals surface area contributed by atoms with E-state index in [0.717, 1.165) is 0 Å². The summed E-state index contributed by atoms with van der Waals surface area (Å²) in [5, 5.41) is 11.6. The van der Waals surface area contributed by atoms with E-state index in [-0.39, 0.29) is 41.2 Å². The first-order valence-electron chi connectivity index (χ1n) is 16.9. The predicted octanol–water partition coefficient (Wildman–Crippen LogP) is 8.41. The van der Waals surface area contributed by atoms with Crippen molar-refractivity contribution < 1.29 is 27.5 Å². The predicted molar refractivity (Wildman–Crippen MR) is 197 cm³/mol. The van der Waals surface area contributed by atoms with E-state index in [2.05, 4.69) is 54.5 Å². The topological polar surface area (TPSA) is 125 Å². The number of benzene rings is 2. The molecule has 0 aliphatic carbocycles. The van der Waals surface area contributed by atoms with Gasteiger partial charge in [0.25, 0.3) is 0 Å². The zero-order valence-corrected chi connectivity index (χ0v) is 31.4. The highest BCUT2D eigenvalue weighted by molar-refractivity contribution is 6.74. The van der Waals surface area contributed by atoms with Gasteiger partial charge in [-0.1, -0.05) is 39.0 Å². The van der Waals surface area contributed by atoms with Gasteiger partial charge in [0.1, 0.15) is 28.9 Å². The maximum atomic E-state index is 15.1. The molecule has 0 fully saturated rings. The van der Waals surface area contributed by atoms with E-state index < -0.39 is 20.0 Å². The molecule has 0 spiro atoms. The second-order valence-corrected chi connectivity index (χ2v) is 18.5. The Morgan fingerprint density at radius 1 is 1.00 bits per heavy atom. The number of para-hydroxylation sites is 1. The number of carbonyl (C=O) groups excluding carboxylic acids is 1. The first-order valence-corrected chi connectivity index (χ1v) is 19.8. The number of amides is 1. The molecular weight excluding hydrogens is 673 g/mol. The molecule has 5 aromatic rings. The molecule has 270 valence electrons. The van der Waals surface area contributed by atoms with Crippen molar-refractivity contribution in [1.29, 1.82) is 0 Å². The molecule has 0 unspecified atom stereocenters. The van der Waals surface area contributed by atoms with Crippen LogP contribution in [-0.2, 0) is 15.8 Å². The van der Waals surface area contributed by atoms with E-state index in [1.54, 1.807) is 25.4 Å². The number of aromatic nitrogens is 5. The van der Waals surface area contributed by atoms with Crippen molar-refractivity contribution in [2.24, 2.45) is 0 Å². The van der Waals surface area contributed by atoms with Gasteiger partial charge in [-0.25, -0.2) is 23.7 Å². The third kappa shape index (κ3) is 8.68. The minimum Gasteiger partial charge on any atom is -0.494 e. The number of rotatable bonds is 14.